The second kappa shape index (κ2) is 6.35. The zero-order chi connectivity index (χ0) is 13.8. The molecule has 1 aliphatic rings. The van der Waals surface area contributed by atoms with Crippen molar-refractivity contribution in [2.24, 2.45) is 0 Å². The van der Waals surface area contributed by atoms with E-state index < -0.39 is 6.10 Å². The molecule has 0 amide bonds. The molecule has 20 heavy (non-hydrogen) atoms. The fourth-order valence-corrected chi connectivity index (χ4v) is 3.17. The van der Waals surface area contributed by atoms with Gasteiger partial charge in [-0.1, -0.05) is 30.3 Å². The summed E-state index contributed by atoms with van der Waals surface area (Å²) < 4.78 is 5.35. The first-order valence-corrected chi connectivity index (χ1v) is 7.71. The van der Waals surface area contributed by atoms with E-state index in [1.807, 2.05) is 35.7 Å². The van der Waals surface area contributed by atoms with Crippen LogP contribution >= 0.6 is 11.3 Å². The Labute approximate surface area is 122 Å². The van der Waals surface area contributed by atoms with E-state index >= 15 is 0 Å². The largest absolute Gasteiger partial charge is 0.388 e. The molecule has 0 saturated carbocycles. The van der Waals surface area contributed by atoms with E-state index in [1.165, 1.54) is 0 Å². The van der Waals surface area contributed by atoms with Crippen molar-refractivity contribution < 1.29 is 9.84 Å². The number of benzene rings is 1. The molecule has 5 heteroatoms. The molecular weight excluding hydrogens is 272 g/mol. The highest BCUT2D eigenvalue weighted by Gasteiger charge is 2.16. The number of morpholine rings is 1. The van der Waals surface area contributed by atoms with Gasteiger partial charge in [-0.15, -0.1) is 11.3 Å². The SMILES string of the molecule is OC(Cc1csc(N2CCOCC2)n1)c1ccccc1. The smallest absolute Gasteiger partial charge is 0.185 e. The normalized spacial score (nSPS) is 17.1. The number of aliphatic hydroxyl groups is 1. The quantitative estimate of drug-likeness (QED) is 0.938. The van der Waals surface area contributed by atoms with Crippen LogP contribution in [0.3, 0.4) is 0 Å². The van der Waals surface area contributed by atoms with Crippen molar-refractivity contribution in [3.8, 4) is 0 Å². The lowest BCUT2D eigenvalue weighted by Gasteiger charge is -2.26. The number of hydrogen-bond acceptors (Lipinski definition) is 5. The average molecular weight is 290 g/mol. The molecule has 1 atom stereocenters. The number of anilines is 1. The Hall–Kier alpha value is -1.43. The summed E-state index contributed by atoms with van der Waals surface area (Å²) in [6, 6.07) is 9.73. The van der Waals surface area contributed by atoms with Gasteiger partial charge in [0.05, 0.1) is 25.0 Å². The monoisotopic (exact) mass is 290 g/mol. The van der Waals surface area contributed by atoms with Gasteiger partial charge in [0.1, 0.15) is 0 Å². The molecule has 106 valence electrons. The number of hydrogen-bond donors (Lipinski definition) is 1. The summed E-state index contributed by atoms with van der Waals surface area (Å²) >= 11 is 1.64. The highest BCUT2D eigenvalue weighted by atomic mass is 32.1. The molecule has 0 radical (unpaired) electrons. The van der Waals surface area contributed by atoms with Gasteiger partial charge in [-0.2, -0.15) is 0 Å². The number of aromatic nitrogens is 1. The number of thiazole rings is 1. The number of aliphatic hydroxyl groups excluding tert-OH is 1. The zero-order valence-electron chi connectivity index (χ0n) is 11.2. The van der Waals surface area contributed by atoms with Crippen LogP contribution in [0, 0.1) is 0 Å². The summed E-state index contributed by atoms with van der Waals surface area (Å²) in [5.74, 6) is 0. The lowest BCUT2D eigenvalue weighted by atomic mass is 10.1. The average Bonchev–Trinajstić information content (AvgIpc) is 2.97. The van der Waals surface area contributed by atoms with Gasteiger partial charge in [-0.3, -0.25) is 0 Å². The maximum Gasteiger partial charge on any atom is 0.185 e. The Morgan fingerprint density at radius 1 is 1.25 bits per heavy atom. The molecule has 1 unspecified atom stereocenters. The van der Waals surface area contributed by atoms with Crippen molar-refractivity contribution in [1.29, 1.82) is 0 Å². The first-order chi connectivity index (χ1) is 9.83. The molecule has 4 nitrogen and oxygen atoms in total. The number of nitrogens with zero attached hydrogens (tertiary/aromatic N) is 2. The molecule has 1 aromatic carbocycles. The molecule has 1 aromatic heterocycles. The molecule has 1 N–H and O–H groups in total. The van der Waals surface area contributed by atoms with E-state index in [0.717, 1.165) is 42.7 Å². The van der Waals surface area contributed by atoms with Crippen LogP contribution in [-0.2, 0) is 11.2 Å². The minimum atomic E-state index is -0.490. The maximum absolute atomic E-state index is 10.2. The minimum absolute atomic E-state index is 0.490. The fraction of sp³-hybridized carbons (Fsp3) is 0.400. The lowest BCUT2D eigenvalue weighted by molar-refractivity contribution is 0.122. The standard InChI is InChI=1S/C15H18N2O2S/c18-14(12-4-2-1-3-5-12)10-13-11-20-15(16-13)17-6-8-19-9-7-17/h1-5,11,14,18H,6-10H2. The van der Waals surface area contributed by atoms with Crippen molar-refractivity contribution in [3.63, 3.8) is 0 Å². The van der Waals surface area contributed by atoms with Gasteiger partial charge in [0.25, 0.3) is 0 Å². The Balaban J connectivity index is 1.65. The van der Waals surface area contributed by atoms with Crippen LogP contribution in [0.4, 0.5) is 5.13 Å². The molecule has 1 fully saturated rings. The maximum atomic E-state index is 10.2. The highest BCUT2D eigenvalue weighted by Crippen LogP contribution is 2.25. The lowest BCUT2D eigenvalue weighted by Crippen LogP contribution is -2.36. The van der Waals surface area contributed by atoms with Gasteiger partial charge in [0.2, 0.25) is 0 Å². The Bertz CT molecular complexity index is 538. The summed E-state index contributed by atoms with van der Waals surface area (Å²) in [6.07, 6.45) is 0.0704. The van der Waals surface area contributed by atoms with Crippen LogP contribution in [0.15, 0.2) is 35.7 Å². The van der Waals surface area contributed by atoms with E-state index in [2.05, 4.69) is 9.88 Å². The second-order valence-electron chi connectivity index (χ2n) is 4.85. The van der Waals surface area contributed by atoms with Crippen LogP contribution < -0.4 is 4.90 Å². The summed E-state index contributed by atoms with van der Waals surface area (Å²) in [5.41, 5.74) is 1.89. The summed E-state index contributed by atoms with van der Waals surface area (Å²) in [7, 11) is 0. The molecular formula is C15H18N2O2S. The third kappa shape index (κ3) is 3.17. The third-order valence-electron chi connectivity index (χ3n) is 3.41. The second-order valence-corrected chi connectivity index (χ2v) is 5.69. The molecule has 0 bridgehead atoms. The molecule has 3 rings (SSSR count). The van der Waals surface area contributed by atoms with Crippen LogP contribution in [0.2, 0.25) is 0 Å². The van der Waals surface area contributed by atoms with Crippen molar-refractivity contribution in [1.82, 2.24) is 4.98 Å². The summed E-state index contributed by atoms with van der Waals surface area (Å²) in [5, 5.41) is 13.3. The summed E-state index contributed by atoms with van der Waals surface area (Å²) in [4.78, 5) is 6.87. The van der Waals surface area contributed by atoms with Crippen LogP contribution in [0.25, 0.3) is 0 Å². The van der Waals surface area contributed by atoms with Crippen LogP contribution in [0.5, 0.6) is 0 Å². The van der Waals surface area contributed by atoms with Gasteiger partial charge < -0.3 is 14.7 Å². The third-order valence-corrected chi connectivity index (χ3v) is 4.36. The molecule has 2 aromatic rings. The van der Waals surface area contributed by atoms with Crippen molar-refractivity contribution >= 4 is 16.5 Å². The van der Waals surface area contributed by atoms with E-state index in [0.29, 0.717) is 6.42 Å². The Kier molecular flexibility index (Phi) is 4.30. The Morgan fingerprint density at radius 3 is 2.75 bits per heavy atom. The van der Waals surface area contributed by atoms with E-state index in [-0.39, 0.29) is 0 Å². The van der Waals surface area contributed by atoms with Crippen molar-refractivity contribution in [2.75, 3.05) is 31.2 Å². The van der Waals surface area contributed by atoms with E-state index in [4.69, 9.17) is 4.74 Å². The molecule has 1 aliphatic heterocycles. The first-order valence-electron chi connectivity index (χ1n) is 6.83. The zero-order valence-corrected chi connectivity index (χ0v) is 12.1. The fourth-order valence-electron chi connectivity index (χ4n) is 2.28. The topological polar surface area (TPSA) is 45.6 Å². The predicted octanol–water partition coefficient (Wildman–Crippen LogP) is 2.26. The van der Waals surface area contributed by atoms with Crippen molar-refractivity contribution in [2.45, 2.75) is 12.5 Å². The van der Waals surface area contributed by atoms with Crippen LogP contribution in [-0.4, -0.2) is 36.4 Å². The predicted molar refractivity (Wildman–Crippen MR) is 80.3 cm³/mol. The van der Waals surface area contributed by atoms with Gasteiger partial charge >= 0.3 is 0 Å². The Morgan fingerprint density at radius 2 is 2.00 bits per heavy atom. The van der Waals surface area contributed by atoms with Crippen LogP contribution in [0.1, 0.15) is 17.4 Å². The van der Waals surface area contributed by atoms with E-state index in [1.54, 1.807) is 11.3 Å². The highest BCUT2D eigenvalue weighted by molar-refractivity contribution is 7.13. The minimum Gasteiger partial charge on any atom is -0.388 e. The number of ether oxygens (including phenoxy) is 1. The number of rotatable bonds is 4. The van der Waals surface area contributed by atoms with Gasteiger partial charge in [-0.05, 0) is 5.56 Å². The van der Waals surface area contributed by atoms with Gasteiger partial charge in [0.15, 0.2) is 5.13 Å². The first kappa shape index (κ1) is 13.5. The molecule has 0 spiro atoms. The van der Waals surface area contributed by atoms with Crippen molar-refractivity contribution in [3.05, 3.63) is 47.0 Å². The summed E-state index contributed by atoms with van der Waals surface area (Å²) in [6.45, 7) is 3.32. The molecule has 2 heterocycles. The van der Waals surface area contributed by atoms with Gasteiger partial charge in [0, 0.05) is 24.9 Å². The molecule has 1 saturated heterocycles. The van der Waals surface area contributed by atoms with Gasteiger partial charge in [-0.25, -0.2) is 4.98 Å². The molecule has 0 aliphatic carbocycles. The van der Waals surface area contributed by atoms with E-state index in [9.17, 15) is 5.11 Å².